The van der Waals surface area contributed by atoms with Crippen molar-refractivity contribution in [2.24, 2.45) is 5.92 Å². The van der Waals surface area contributed by atoms with E-state index in [1.807, 2.05) is 30.3 Å². The molecule has 4 rings (SSSR count). The summed E-state index contributed by atoms with van der Waals surface area (Å²) < 4.78 is 5.40. The number of hydroxylamine groups is 1. The minimum atomic E-state index is -0.816. The number of carbonyl (C=O) groups excluding carboxylic acids is 3. The van der Waals surface area contributed by atoms with E-state index in [-0.39, 0.29) is 19.0 Å². The minimum absolute atomic E-state index is 0.0187. The van der Waals surface area contributed by atoms with Crippen molar-refractivity contribution < 1.29 is 24.3 Å². The van der Waals surface area contributed by atoms with E-state index in [4.69, 9.17) is 9.72 Å². The van der Waals surface area contributed by atoms with Gasteiger partial charge in [-0.2, -0.15) is 0 Å². The number of ether oxygens (including phenoxy) is 1. The molecule has 0 bridgehead atoms. The molecule has 3 amide bonds. The molecular weight excluding hydrogens is 484 g/mol. The molecule has 1 saturated heterocycles. The van der Waals surface area contributed by atoms with Gasteiger partial charge in [0.15, 0.2) is 0 Å². The summed E-state index contributed by atoms with van der Waals surface area (Å²) in [5, 5.41) is 13.1. The van der Waals surface area contributed by atoms with Crippen LogP contribution in [0.25, 0.3) is 10.9 Å². The molecule has 1 fully saturated rings. The Bertz CT molecular complexity index is 1330. The number of benzene rings is 2. The number of fused-ring (bicyclic) bond motifs is 1. The summed E-state index contributed by atoms with van der Waals surface area (Å²) in [5.74, 6) is -1.86. The molecule has 0 radical (unpaired) electrons. The molecule has 2 aromatic carbocycles. The maximum atomic E-state index is 13.0. The summed E-state index contributed by atoms with van der Waals surface area (Å²) in [7, 11) is 0. The van der Waals surface area contributed by atoms with Gasteiger partial charge in [0.25, 0.3) is 5.91 Å². The number of hydrogen-bond acceptors (Lipinski definition) is 6. The Labute approximate surface area is 222 Å². The highest BCUT2D eigenvalue weighted by atomic mass is 16.6. The van der Waals surface area contributed by atoms with Crippen molar-refractivity contribution in [3.63, 3.8) is 0 Å². The van der Waals surface area contributed by atoms with Gasteiger partial charge < -0.3 is 15.0 Å². The lowest BCUT2D eigenvalue weighted by Gasteiger charge is -2.24. The molecule has 200 valence electrons. The second-order valence-corrected chi connectivity index (χ2v) is 10.6. The highest BCUT2D eigenvalue weighted by Gasteiger charge is 2.41. The topological polar surface area (TPSA) is 121 Å². The number of nitrogens with zero attached hydrogens (tertiary/aromatic N) is 2. The molecule has 0 aliphatic carbocycles. The van der Waals surface area contributed by atoms with E-state index in [1.54, 1.807) is 38.4 Å². The molecule has 0 unspecified atom stereocenters. The summed E-state index contributed by atoms with van der Waals surface area (Å²) in [5.41, 5.74) is 5.60. The maximum absolute atomic E-state index is 13.0. The number of carbonyl (C=O) groups is 3. The summed E-state index contributed by atoms with van der Waals surface area (Å²) in [4.78, 5) is 43.9. The van der Waals surface area contributed by atoms with Crippen LogP contribution in [0.2, 0.25) is 0 Å². The van der Waals surface area contributed by atoms with Crippen LogP contribution in [0.1, 0.15) is 54.9 Å². The molecule has 1 aromatic heterocycles. The number of rotatable bonds is 6. The van der Waals surface area contributed by atoms with Crippen LogP contribution in [0.3, 0.4) is 0 Å². The van der Waals surface area contributed by atoms with Crippen molar-refractivity contribution >= 4 is 28.8 Å². The molecule has 2 atom stereocenters. The van der Waals surface area contributed by atoms with E-state index in [2.05, 4.69) is 24.4 Å². The first-order chi connectivity index (χ1) is 18.1. The van der Waals surface area contributed by atoms with Gasteiger partial charge in [-0.3, -0.25) is 19.8 Å². The highest BCUT2D eigenvalue weighted by Crippen LogP contribution is 2.23. The van der Waals surface area contributed by atoms with Gasteiger partial charge in [0.2, 0.25) is 5.91 Å². The number of pyridine rings is 1. The molecule has 3 N–H and O–H groups in total. The number of aromatic nitrogens is 1. The SMILES string of the molecule is CCc1cc(Cc2ccc(C(=O)N[C@@H]3CN(C(=O)OC(C)(C)C)C[C@@H]3C(=O)NO)cc2)c2ccccc2n1. The van der Waals surface area contributed by atoms with E-state index >= 15 is 0 Å². The second kappa shape index (κ2) is 11.2. The average Bonchev–Trinajstić information content (AvgIpc) is 3.31. The fourth-order valence-electron chi connectivity index (χ4n) is 4.66. The summed E-state index contributed by atoms with van der Waals surface area (Å²) in [6.45, 7) is 7.45. The number of hydrogen-bond donors (Lipinski definition) is 3. The van der Waals surface area contributed by atoms with Crippen LogP contribution in [0, 0.1) is 5.92 Å². The Morgan fingerprint density at radius 2 is 1.79 bits per heavy atom. The Morgan fingerprint density at radius 3 is 2.45 bits per heavy atom. The van der Waals surface area contributed by atoms with E-state index < -0.39 is 29.6 Å². The van der Waals surface area contributed by atoms with Crippen LogP contribution < -0.4 is 10.8 Å². The number of amides is 3. The smallest absolute Gasteiger partial charge is 0.410 e. The molecule has 9 nitrogen and oxygen atoms in total. The third-order valence-corrected chi connectivity index (χ3v) is 6.56. The van der Waals surface area contributed by atoms with Crippen molar-refractivity contribution in [2.45, 2.75) is 52.2 Å². The normalized spacial score (nSPS) is 17.3. The summed E-state index contributed by atoms with van der Waals surface area (Å²) in [6.07, 6.45) is 0.965. The Hall–Kier alpha value is -3.98. The van der Waals surface area contributed by atoms with Gasteiger partial charge in [0.1, 0.15) is 5.60 Å². The van der Waals surface area contributed by atoms with Crippen molar-refractivity contribution in [1.82, 2.24) is 20.7 Å². The number of aryl methyl sites for hydroxylation is 1. The van der Waals surface area contributed by atoms with Crippen LogP contribution in [0.15, 0.2) is 54.6 Å². The van der Waals surface area contributed by atoms with Gasteiger partial charge in [0, 0.05) is 29.7 Å². The molecule has 1 aliphatic heterocycles. The lowest BCUT2D eigenvalue weighted by molar-refractivity contribution is -0.133. The predicted molar refractivity (Wildman–Crippen MR) is 143 cm³/mol. The zero-order chi connectivity index (χ0) is 27.4. The number of para-hydroxylation sites is 1. The Morgan fingerprint density at radius 1 is 1.08 bits per heavy atom. The first-order valence-electron chi connectivity index (χ1n) is 12.8. The largest absolute Gasteiger partial charge is 0.444 e. The molecule has 0 spiro atoms. The third-order valence-electron chi connectivity index (χ3n) is 6.56. The fraction of sp³-hybridized carbons (Fsp3) is 0.379. The third kappa shape index (κ3) is 6.28. The zero-order valence-corrected chi connectivity index (χ0v) is 22.2. The first kappa shape index (κ1) is 27.1. The van der Waals surface area contributed by atoms with E-state index in [0.717, 1.165) is 28.6 Å². The average molecular weight is 519 g/mol. The molecule has 1 aliphatic rings. The maximum Gasteiger partial charge on any atom is 0.410 e. The monoisotopic (exact) mass is 518 g/mol. The molecule has 9 heteroatoms. The van der Waals surface area contributed by atoms with E-state index in [0.29, 0.717) is 12.0 Å². The van der Waals surface area contributed by atoms with Crippen molar-refractivity contribution in [1.29, 1.82) is 0 Å². The van der Waals surface area contributed by atoms with Gasteiger partial charge in [-0.15, -0.1) is 0 Å². The molecule has 2 heterocycles. The minimum Gasteiger partial charge on any atom is -0.444 e. The number of nitrogens with one attached hydrogen (secondary N) is 2. The summed E-state index contributed by atoms with van der Waals surface area (Å²) >= 11 is 0. The second-order valence-electron chi connectivity index (χ2n) is 10.6. The quantitative estimate of drug-likeness (QED) is 0.337. The Kier molecular flexibility index (Phi) is 7.97. The zero-order valence-electron chi connectivity index (χ0n) is 22.2. The van der Waals surface area contributed by atoms with Crippen LogP contribution in [-0.2, 0) is 22.4 Å². The molecule has 38 heavy (non-hydrogen) atoms. The van der Waals surface area contributed by atoms with E-state index in [9.17, 15) is 19.6 Å². The molecule has 3 aromatic rings. The van der Waals surface area contributed by atoms with Crippen LogP contribution in [0.5, 0.6) is 0 Å². The molecule has 0 saturated carbocycles. The van der Waals surface area contributed by atoms with Crippen molar-refractivity contribution in [3.8, 4) is 0 Å². The van der Waals surface area contributed by atoms with Gasteiger partial charge in [-0.1, -0.05) is 37.3 Å². The van der Waals surface area contributed by atoms with Crippen LogP contribution in [0.4, 0.5) is 4.79 Å². The lowest BCUT2D eigenvalue weighted by Crippen LogP contribution is -2.45. The first-order valence-corrected chi connectivity index (χ1v) is 12.8. The van der Waals surface area contributed by atoms with Gasteiger partial charge in [-0.25, -0.2) is 10.3 Å². The van der Waals surface area contributed by atoms with Crippen molar-refractivity contribution in [2.75, 3.05) is 13.1 Å². The van der Waals surface area contributed by atoms with Gasteiger partial charge in [0.05, 0.1) is 17.5 Å². The predicted octanol–water partition coefficient (Wildman–Crippen LogP) is 3.86. The summed E-state index contributed by atoms with van der Waals surface area (Å²) in [6, 6.07) is 16.8. The lowest BCUT2D eigenvalue weighted by atomic mass is 9.98. The number of likely N-dealkylation sites (tertiary alicyclic amines) is 1. The van der Waals surface area contributed by atoms with Crippen LogP contribution >= 0.6 is 0 Å². The van der Waals surface area contributed by atoms with Crippen LogP contribution in [-0.4, -0.2) is 57.7 Å². The van der Waals surface area contributed by atoms with Crippen molar-refractivity contribution in [3.05, 3.63) is 77.0 Å². The standard InChI is InChI=1S/C29H34N4O5/c1-5-21-15-20(22-8-6-7-9-24(22)30-21)14-18-10-12-19(13-11-18)26(34)31-25-17-33(16-23(25)27(35)32-37)28(36)38-29(2,3)4/h6-13,15,23,25,37H,5,14,16-17H2,1-4H3,(H,31,34)(H,32,35)/t23-,25+/m0/s1. The fourth-order valence-corrected chi connectivity index (χ4v) is 4.66. The highest BCUT2D eigenvalue weighted by molar-refractivity contribution is 5.95. The molecular formula is C29H34N4O5. The Balaban J connectivity index is 1.46. The van der Waals surface area contributed by atoms with Gasteiger partial charge in [-0.05, 0) is 69.0 Å². The van der Waals surface area contributed by atoms with E-state index in [1.165, 1.54) is 10.5 Å². The van der Waals surface area contributed by atoms with Gasteiger partial charge >= 0.3 is 6.09 Å².